The predicted molar refractivity (Wildman–Crippen MR) is 127 cm³/mol. The van der Waals surface area contributed by atoms with Crippen LogP contribution in [0.2, 0.25) is 0 Å². The number of amides is 1. The van der Waals surface area contributed by atoms with Crippen molar-refractivity contribution < 1.29 is 14.6 Å². The van der Waals surface area contributed by atoms with Crippen molar-refractivity contribution >= 4 is 16.8 Å². The molecule has 3 fully saturated rings. The number of hydrogen-bond acceptors (Lipinski definition) is 3. The topological polar surface area (TPSA) is 54.7 Å². The summed E-state index contributed by atoms with van der Waals surface area (Å²) in [5, 5.41) is 11.0. The van der Waals surface area contributed by atoms with E-state index in [1.54, 1.807) is 6.07 Å². The average Bonchev–Trinajstić information content (AvgIpc) is 3.21. The van der Waals surface area contributed by atoms with E-state index in [0.29, 0.717) is 26.3 Å². The van der Waals surface area contributed by atoms with Gasteiger partial charge in [-0.2, -0.15) is 0 Å². The second kappa shape index (κ2) is 9.86. The van der Waals surface area contributed by atoms with Crippen molar-refractivity contribution in [3.63, 3.8) is 0 Å². The molecule has 1 aliphatic heterocycles. The molecule has 1 amide bonds. The van der Waals surface area contributed by atoms with Crippen molar-refractivity contribution in [1.82, 2.24) is 9.47 Å². The van der Waals surface area contributed by atoms with Gasteiger partial charge in [-0.1, -0.05) is 44.9 Å². The average molecular weight is 439 g/mol. The molecule has 2 saturated carbocycles. The Bertz CT molecular complexity index is 916. The number of aryl methyl sites for hydroxylation is 1. The molecule has 5 nitrogen and oxygen atoms in total. The molecule has 1 aromatic carbocycles. The Hall–Kier alpha value is -2.01. The molecule has 1 N–H and O–H groups in total. The minimum atomic E-state index is 0.0794. The van der Waals surface area contributed by atoms with Crippen molar-refractivity contribution in [3.8, 4) is 5.75 Å². The molecule has 0 atom stereocenters. The third-order valence-corrected chi connectivity index (χ3v) is 8.38. The highest BCUT2D eigenvalue weighted by Crippen LogP contribution is 2.41. The first-order valence-corrected chi connectivity index (χ1v) is 12.9. The fourth-order valence-electron chi connectivity index (χ4n) is 6.45. The summed E-state index contributed by atoms with van der Waals surface area (Å²) >= 11 is 0. The fourth-order valence-corrected chi connectivity index (χ4v) is 6.45. The molecule has 5 rings (SSSR count). The van der Waals surface area contributed by atoms with Gasteiger partial charge in [0.1, 0.15) is 5.75 Å². The van der Waals surface area contributed by atoms with Gasteiger partial charge in [-0.3, -0.25) is 4.79 Å². The molecule has 0 radical (unpaired) electrons. The number of carbonyl (C=O) groups is 1. The van der Waals surface area contributed by atoms with Gasteiger partial charge in [0.15, 0.2) is 0 Å². The Kier molecular flexibility index (Phi) is 6.72. The van der Waals surface area contributed by atoms with Crippen LogP contribution in [0.1, 0.15) is 74.6 Å². The molecular weight excluding hydrogens is 400 g/mol. The van der Waals surface area contributed by atoms with Gasteiger partial charge < -0.3 is 19.3 Å². The molecule has 5 heteroatoms. The van der Waals surface area contributed by atoms with Crippen LogP contribution in [0, 0.1) is 17.8 Å². The van der Waals surface area contributed by atoms with Crippen LogP contribution in [-0.2, 0) is 11.3 Å². The second-order valence-electron chi connectivity index (χ2n) is 10.3. The highest BCUT2D eigenvalue weighted by atomic mass is 16.5. The van der Waals surface area contributed by atoms with E-state index >= 15 is 0 Å². The smallest absolute Gasteiger partial charge is 0.256 e. The van der Waals surface area contributed by atoms with Crippen LogP contribution in [0.4, 0.5) is 0 Å². The SMILES string of the molecule is O=C(c1cn(CCC2CCC(C3CCCCC3)CC2)c2cc(O)ccc12)N1CCOCC1. The third kappa shape index (κ3) is 4.68. The van der Waals surface area contributed by atoms with E-state index < -0.39 is 0 Å². The lowest BCUT2D eigenvalue weighted by molar-refractivity contribution is 0.0304. The predicted octanol–water partition coefficient (Wildman–Crippen LogP) is 5.60. The monoisotopic (exact) mass is 438 g/mol. The van der Waals surface area contributed by atoms with Gasteiger partial charge in [-0.05, 0) is 49.1 Å². The van der Waals surface area contributed by atoms with Crippen molar-refractivity contribution in [2.45, 2.75) is 70.8 Å². The first kappa shape index (κ1) is 21.8. The van der Waals surface area contributed by atoms with Gasteiger partial charge in [-0.15, -0.1) is 0 Å². The van der Waals surface area contributed by atoms with Crippen LogP contribution >= 0.6 is 0 Å². The van der Waals surface area contributed by atoms with E-state index in [1.165, 1.54) is 57.8 Å². The molecular formula is C27H38N2O3. The van der Waals surface area contributed by atoms with Crippen LogP contribution < -0.4 is 0 Å². The maximum Gasteiger partial charge on any atom is 0.256 e. The van der Waals surface area contributed by atoms with Crippen molar-refractivity contribution in [1.29, 1.82) is 0 Å². The molecule has 2 aromatic rings. The van der Waals surface area contributed by atoms with E-state index in [4.69, 9.17) is 4.74 Å². The Balaban J connectivity index is 1.25. The van der Waals surface area contributed by atoms with E-state index in [1.807, 2.05) is 23.2 Å². The summed E-state index contributed by atoms with van der Waals surface area (Å²) in [6, 6.07) is 5.39. The third-order valence-electron chi connectivity index (χ3n) is 8.38. The number of aromatic hydroxyl groups is 1. The van der Waals surface area contributed by atoms with Crippen molar-refractivity contribution in [2.24, 2.45) is 17.8 Å². The number of carbonyl (C=O) groups excluding carboxylic acids is 1. The molecule has 2 aliphatic carbocycles. The standard InChI is InChI=1S/C27H38N2O3/c30-23-10-11-24-25(27(31)28-14-16-32-17-15-28)19-29(26(24)18-23)13-12-20-6-8-22(9-7-20)21-4-2-1-3-5-21/h10-11,18-22,30H,1-9,12-17H2. The number of morpholine rings is 1. The van der Waals surface area contributed by atoms with Gasteiger partial charge in [0.25, 0.3) is 5.91 Å². The maximum absolute atomic E-state index is 13.2. The van der Waals surface area contributed by atoms with E-state index in [2.05, 4.69) is 4.57 Å². The zero-order chi connectivity index (χ0) is 21.9. The number of rotatable bonds is 5. The number of aromatic nitrogens is 1. The normalized spacial score (nSPS) is 25.3. The molecule has 3 aliphatic rings. The molecule has 1 aromatic heterocycles. The van der Waals surface area contributed by atoms with E-state index in [-0.39, 0.29) is 11.7 Å². The number of ether oxygens (including phenoxy) is 1. The van der Waals surface area contributed by atoms with Gasteiger partial charge in [0, 0.05) is 37.3 Å². The number of phenolic OH excluding ortho intramolecular Hbond substituents is 1. The fraction of sp³-hybridized carbons (Fsp3) is 0.667. The van der Waals surface area contributed by atoms with E-state index in [0.717, 1.165) is 47.2 Å². The Morgan fingerprint density at radius 2 is 1.69 bits per heavy atom. The largest absolute Gasteiger partial charge is 0.508 e. The number of benzene rings is 1. The molecule has 0 unspecified atom stereocenters. The number of hydrogen-bond donors (Lipinski definition) is 1. The van der Waals surface area contributed by atoms with Crippen LogP contribution in [0.3, 0.4) is 0 Å². The lowest BCUT2D eigenvalue weighted by Gasteiger charge is -2.36. The highest BCUT2D eigenvalue weighted by Gasteiger charge is 2.29. The van der Waals surface area contributed by atoms with Gasteiger partial charge in [0.05, 0.1) is 24.3 Å². The molecule has 1 saturated heterocycles. The quantitative estimate of drug-likeness (QED) is 0.661. The van der Waals surface area contributed by atoms with Gasteiger partial charge in [0.2, 0.25) is 0 Å². The Morgan fingerprint density at radius 3 is 2.44 bits per heavy atom. The van der Waals surface area contributed by atoms with Crippen LogP contribution in [-0.4, -0.2) is 46.8 Å². The molecule has 174 valence electrons. The summed E-state index contributed by atoms with van der Waals surface area (Å²) in [6.45, 7) is 3.42. The summed E-state index contributed by atoms with van der Waals surface area (Å²) in [5.74, 6) is 3.08. The van der Waals surface area contributed by atoms with Crippen LogP contribution in [0.25, 0.3) is 10.9 Å². The van der Waals surface area contributed by atoms with E-state index in [9.17, 15) is 9.90 Å². The zero-order valence-corrected chi connectivity index (χ0v) is 19.3. The number of nitrogens with zero attached hydrogens (tertiary/aromatic N) is 2. The summed E-state index contributed by atoms with van der Waals surface area (Å²) < 4.78 is 7.62. The number of phenols is 1. The molecule has 0 bridgehead atoms. The number of fused-ring (bicyclic) bond motifs is 1. The lowest BCUT2D eigenvalue weighted by atomic mass is 9.70. The van der Waals surface area contributed by atoms with Crippen LogP contribution in [0.15, 0.2) is 24.4 Å². The maximum atomic E-state index is 13.2. The lowest BCUT2D eigenvalue weighted by Crippen LogP contribution is -2.40. The minimum absolute atomic E-state index is 0.0794. The molecule has 2 heterocycles. The minimum Gasteiger partial charge on any atom is -0.508 e. The summed E-state index contributed by atoms with van der Waals surface area (Å²) in [6.07, 6.45) is 16.0. The van der Waals surface area contributed by atoms with Crippen molar-refractivity contribution in [2.75, 3.05) is 26.3 Å². The molecule has 32 heavy (non-hydrogen) atoms. The first-order valence-electron chi connectivity index (χ1n) is 12.9. The molecule has 0 spiro atoms. The summed E-state index contributed by atoms with van der Waals surface area (Å²) in [5.41, 5.74) is 1.72. The van der Waals surface area contributed by atoms with Crippen molar-refractivity contribution in [3.05, 3.63) is 30.0 Å². The second-order valence-corrected chi connectivity index (χ2v) is 10.3. The highest BCUT2D eigenvalue weighted by molar-refractivity contribution is 6.07. The van der Waals surface area contributed by atoms with Crippen LogP contribution in [0.5, 0.6) is 5.75 Å². The zero-order valence-electron chi connectivity index (χ0n) is 19.3. The Labute approximate surface area is 191 Å². The van der Waals surface area contributed by atoms with Gasteiger partial charge in [-0.25, -0.2) is 0 Å². The summed E-state index contributed by atoms with van der Waals surface area (Å²) in [4.78, 5) is 15.1. The summed E-state index contributed by atoms with van der Waals surface area (Å²) in [7, 11) is 0. The van der Waals surface area contributed by atoms with Gasteiger partial charge >= 0.3 is 0 Å². The first-order chi connectivity index (χ1) is 15.7. The Morgan fingerprint density at radius 1 is 0.969 bits per heavy atom.